The summed E-state index contributed by atoms with van der Waals surface area (Å²) in [5.41, 5.74) is 2.84. The second-order valence-corrected chi connectivity index (χ2v) is 10.3. The Kier molecular flexibility index (Phi) is 8.93. The van der Waals surface area contributed by atoms with Crippen molar-refractivity contribution in [3.8, 4) is 11.1 Å². The molecule has 1 atom stereocenters. The van der Waals surface area contributed by atoms with Gasteiger partial charge in [-0.3, -0.25) is 9.78 Å². The van der Waals surface area contributed by atoms with Crippen LogP contribution in [-0.4, -0.2) is 49.1 Å². The molecule has 2 heterocycles. The quantitative estimate of drug-likeness (QED) is 0.237. The summed E-state index contributed by atoms with van der Waals surface area (Å²) < 4.78 is 15.6. The summed E-state index contributed by atoms with van der Waals surface area (Å²) in [6.07, 6.45) is 12.7. The van der Waals surface area contributed by atoms with E-state index in [0.29, 0.717) is 23.4 Å². The average Bonchev–Trinajstić information content (AvgIpc) is 3.45. The maximum atomic E-state index is 13.6. The van der Waals surface area contributed by atoms with Gasteiger partial charge in [-0.2, -0.15) is 11.8 Å². The molecular formula is C30H29FN4O3S. The van der Waals surface area contributed by atoms with E-state index in [2.05, 4.69) is 15.3 Å². The minimum Gasteiger partial charge on any atom is -0.480 e. The number of aliphatic carboxylic acids is 1. The number of thioether (sulfide) groups is 1. The number of carbonyl (C=O) groups excluding carboxylic acids is 1. The number of aromatic nitrogens is 3. The number of imidazole rings is 1. The molecule has 2 N–H and O–H groups in total. The van der Waals surface area contributed by atoms with E-state index in [9.17, 15) is 19.1 Å². The number of carboxylic acid groups (broad SMARTS) is 1. The summed E-state index contributed by atoms with van der Waals surface area (Å²) in [5, 5.41) is 12.6. The Morgan fingerprint density at radius 3 is 2.56 bits per heavy atom. The Morgan fingerprint density at radius 2 is 1.92 bits per heavy atom. The highest BCUT2D eigenvalue weighted by molar-refractivity contribution is 7.98. The zero-order valence-electron chi connectivity index (χ0n) is 21.7. The molecule has 0 spiro atoms. The van der Waals surface area contributed by atoms with E-state index in [1.807, 2.05) is 41.3 Å². The van der Waals surface area contributed by atoms with Crippen LogP contribution in [0.1, 0.15) is 34.8 Å². The smallest absolute Gasteiger partial charge is 0.329 e. The molecule has 200 valence electrons. The van der Waals surface area contributed by atoms with Crippen LogP contribution >= 0.6 is 11.8 Å². The second kappa shape index (κ2) is 12.5. The lowest BCUT2D eigenvalue weighted by atomic mass is 9.94. The number of pyridine rings is 1. The van der Waals surface area contributed by atoms with Gasteiger partial charge in [0, 0.05) is 42.5 Å². The first-order valence-corrected chi connectivity index (χ1v) is 13.7. The van der Waals surface area contributed by atoms with Gasteiger partial charge in [-0.05, 0) is 84.0 Å². The van der Waals surface area contributed by atoms with Gasteiger partial charge in [0.1, 0.15) is 11.4 Å². The summed E-state index contributed by atoms with van der Waals surface area (Å²) >= 11 is 1.52. The second-order valence-electron chi connectivity index (χ2n) is 9.29. The predicted octanol–water partition coefficient (Wildman–Crippen LogP) is 5.65. The van der Waals surface area contributed by atoms with Crippen molar-refractivity contribution in [2.45, 2.75) is 25.4 Å². The van der Waals surface area contributed by atoms with Crippen LogP contribution in [0.15, 0.2) is 85.7 Å². The molecule has 1 amide bonds. The average molecular weight is 545 g/mol. The van der Waals surface area contributed by atoms with E-state index in [-0.39, 0.29) is 12.2 Å². The van der Waals surface area contributed by atoms with Crippen LogP contribution in [0, 0.1) is 5.82 Å². The zero-order chi connectivity index (χ0) is 27.8. The SMILES string of the molecule is CSCC[C@](C)(NC(=O)c1ccc(C=C(Cn2ccnc2)c2ccc(F)cc2)cc1-c1cccnc1)C(=O)O. The Labute approximate surface area is 230 Å². The monoisotopic (exact) mass is 544 g/mol. The molecule has 39 heavy (non-hydrogen) atoms. The molecule has 0 aliphatic carbocycles. The first-order chi connectivity index (χ1) is 18.8. The third kappa shape index (κ3) is 7.00. The number of nitrogens with one attached hydrogen (secondary N) is 1. The maximum Gasteiger partial charge on any atom is 0.329 e. The van der Waals surface area contributed by atoms with Gasteiger partial charge in [-0.25, -0.2) is 14.2 Å². The molecule has 0 fully saturated rings. The molecule has 0 aliphatic heterocycles. The fraction of sp³-hybridized carbons (Fsp3) is 0.200. The lowest BCUT2D eigenvalue weighted by Crippen LogP contribution is -2.52. The summed E-state index contributed by atoms with van der Waals surface area (Å²) in [5.74, 6) is -1.30. The predicted molar refractivity (Wildman–Crippen MR) is 153 cm³/mol. The number of carboxylic acids is 1. The van der Waals surface area contributed by atoms with E-state index in [4.69, 9.17) is 0 Å². The summed E-state index contributed by atoms with van der Waals surface area (Å²) in [4.78, 5) is 33.8. The van der Waals surface area contributed by atoms with Crippen LogP contribution in [0.4, 0.5) is 4.39 Å². The summed E-state index contributed by atoms with van der Waals surface area (Å²) in [6, 6.07) is 15.3. The first-order valence-electron chi connectivity index (χ1n) is 12.3. The Hall–Kier alpha value is -4.24. The molecule has 0 unspecified atom stereocenters. The number of halogens is 1. The van der Waals surface area contributed by atoms with Crippen molar-refractivity contribution < 1.29 is 19.1 Å². The Bertz CT molecular complexity index is 1460. The molecule has 0 bridgehead atoms. The third-order valence-electron chi connectivity index (χ3n) is 6.40. The van der Waals surface area contributed by atoms with Crippen LogP contribution in [0.5, 0.6) is 0 Å². The number of amides is 1. The molecule has 0 radical (unpaired) electrons. The largest absolute Gasteiger partial charge is 0.480 e. The van der Waals surface area contributed by atoms with Gasteiger partial charge >= 0.3 is 5.97 Å². The van der Waals surface area contributed by atoms with Crippen LogP contribution in [0.3, 0.4) is 0 Å². The molecule has 0 aliphatic rings. The van der Waals surface area contributed by atoms with Crippen LogP contribution < -0.4 is 5.32 Å². The Balaban J connectivity index is 1.77. The molecule has 4 aromatic rings. The molecule has 9 heteroatoms. The Morgan fingerprint density at radius 1 is 1.13 bits per heavy atom. The first kappa shape index (κ1) is 27.8. The minimum absolute atomic E-state index is 0.285. The van der Waals surface area contributed by atoms with Crippen LogP contribution in [0.25, 0.3) is 22.8 Å². The molecule has 2 aromatic heterocycles. The third-order valence-corrected chi connectivity index (χ3v) is 7.01. The summed E-state index contributed by atoms with van der Waals surface area (Å²) in [6.45, 7) is 2.03. The van der Waals surface area contributed by atoms with Crippen molar-refractivity contribution in [1.82, 2.24) is 19.9 Å². The highest BCUT2D eigenvalue weighted by Gasteiger charge is 2.35. The van der Waals surface area contributed by atoms with Gasteiger partial charge in [-0.15, -0.1) is 0 Å². The fourth-order valence-corrected chi connectivity index (χ4v) is 4.73. The molecule has 0 saturated carbocycles. The van der Waals surface area contributed by atoms with Crippen molar-refractivity contribution in [3.63, 3.8) is 0 Å². The number of benzene rings is 2. The van der Waals surface area contributed by atoms with Crippen LogP contribution in [-0.2, 0) is 11.3 Å². The lowest BCUT2D eigenvalue weighted by Gasteiger charge is -2.26. The standard InChI is InChI=1S/C30H29FN4O3S/c1-30(29(37)38,11-15-39-2)34-28(36)26-10-5-21(17-27(26)23-4-3-12-32-18-23)16-24(19-35-14-13-33-20-35)22-6-8-25(31)9-7-22/h3-10,12-14,16-18,20H,11,15,19H2,1-2H3,(H,34,36)(H,37,38)/t30-/m0/s1. The summed E-state index contributed by atoms with van der Waals surface area (Å²) in [7, 11) is 0. The van der Waals surface area contributed by atoms with E-state index in [0.717, 1.165) is 22.3 Å². The number of nitrogens with zero attached hydrogens (tertiary/aromatic N) is 3. The van der Waals surface area contributed by atoms with E-state index in [1.165, 1.54) is 30.8 Å². The van der Waals surface area contributed by atoms with Crippen molar-refractivity contribution in [2.75, 3.05) is 12.0 Å². The van der Waals surface area contributed by atoms with Crippen LogP contribution in [0.2, 0.25) is 0 Å². The lowest BCUT2D eigenvalue weighted by molar-refractivity contribution is -0.143. The van der Waals surface area contributed by atoms with E-state index in [1.54, 1.807) is 49.2 Å². The highest BCUT2D eigenvalue weighted by Crippen LogP contribution is 2.28. The topological polar surface area (TPSA) is 97.1 Å². The number of carbonyl (C=O) groups is 2. The molecular weight excluding hydrogens is 515 g/mol. The normalized spacial score (nSPS) is 13.1. The number of allylic oxidation sites excluding steroid dienone is 1. The van der Waals surface area contributed by atoms with E-state index >= 15 is 0 Å². The van der Waals surface area contributed by atoms with Gasteiger partial charge in [0.15, 0.2) is 0 Å². The molecule has 4 rings (SSSR count). The van der Waals surface area contributed by atoms with Gasteiger partial charge in [-0.1, -0.05) is 24.3 Å². The number of rotatable bonds is 11. The maximum absolute atomic E-state index is 13.6. The van der Waals surface area contributed by atoms with Gasteiger partial charge in [0.25, 0.3) is 5.91 Å². The van der Waals surface area contributed by atoms with Crippen molar-refractivity contribution >= 4 is 35.3 Å². The highest BCUT2D eigenvalue weighted by atomic mass is 32.2. The van der Waals surface area contributed by atoms with Crippen molar-refractivity contribution in [3.05, 3.63) is 108 Å². The zero-order valence-corrected chi connectivity index (χ0v) is 22.5. The molecule has 7 nitrogen and oxygen atoms in total. The number of hydrogen-bond donors (Lipinski definition) is 2. The van der Waals surface area contributed by atoms with Crippen molar-refractivity contribution in [2.24, 2.45) is 0 Å². The molecule has 0 saturated heterocycles. The van der Waals surface area contributed by atoms with Gasteiger partial charge in [0.2, 0.25) is 0 Å². The molecule has 2 aromatic carbocycles. The van der Waals surface area contributed by atoms with Gasteiger partial charge < -0.3 is 15.0 Å². The van der Waals surface area contributed by atoms with Gasteiger partial charge in [0.05, 0.1) is 6.33 Å². The fourth-order valence-electron chi connectivity index (χ4n) is 4.12. The van der Waals surface area contributed by atoms with E-state index < -0.39 is 17.4 Å². The van der Waals surface area contributed by atoms with Crippen molar-refractivity contribution in [1.29, 1.82) is 0 Å². The minimum atomic E-state index is -1.41. The number of hydrogen-bond acceptors (Lipinski definition) is 5.